The zero-order valence-electron chi connectivity index (χ0n) is 14.7. The van der Waals surface area contributed by atoms with Gasteiger partial charge < -0.3 is 9.80 Å². The molecule has 0 amide bonds. The van der Waals surface area contributed by atoms with Gasteiger partial charge in [-0.2, -0.15) is 0 Å². The Morgan fingerprint density at radius 3 is 1.21 bits per heavy atom. The monoisotopic (exact) mass is 324 g/mol. The summed E-state index contributed by atoms with van der Waals surface area (Å²) in [5.41, 5.74) is 2.88. The van der Waals surface area contributed by atoms with E-state index in [2.05, 4.69) is 23.6 Å². The first-order valence-electron chi connectivity index (χ1n) is 8.19. The maximum absolute atomic E-state index is 12.4. The zero-order chi connectivity index (χ0) is 17.7. The predicted molar refractivity (Wildman–Crippen MR) is 99.4 cm³/mol. The van der Waals surface area contributed by atoms with Crippen LogP contribution in [0, 0.1) is 0 Å². The van der Waals surface area contributed by atoms with E-state index in [-0.39, 0.29) is 0 Å². The van der Waals surface area contributed by atoms with Crippen LogP contribution in [-0.2, 0) is 0 Å². The summed E-state index contributed by atoms with van der Waals surface area (Å²) < 4.78 is 0. The molecule has 0 aliphatic carbocycles. The van der Waals surface area contributed by atoms with Gasteiger partial charge in [0.15, 0.2) is 0 Å². The first-order chi connectivity index (χ1) is 11.5. The molecule has 4 heteroatoms. The van der Waals surface area contributed by atoms with Gasteiger partial charge in [0.1, 0.15) is 0 Å². The van der Waals surface area contributed by atoms with Gasteiger partial charge in [-0.3, -0.25) is 9.59 Å². The fourth-order valence-corrected chi connectivity index (χ4v) is 2.36. The highest BCUT2D eigenvalue weighted by Gasteiger charge is 2.18. The first-order valence-corrected chi connectivity index (χ1v) is 8.19. The lowest BCUT2D eigenvalue weighted by molar-refractivity contribution is 0.0817. The molecule has 0 fully saturated rings. The zero-order valence-corrected chi connectivity index (χ0v) is 14.7. The SMILES string of the molecule is CCN(C)c1ccc(C(=O)C(=O)c2ccc(N(C)CC)cc2)cc1. The maximum Gasteiger partial charge on any atom is 0.233 e. The van der Waals surface area contributed by atoms with E-state index in [0.717, 1.165) is 24.5 Å². The normalized spacial score (nSPS) is 10.3. The van der Waals surface area contributed by atoms with Crippen molar-refractivity contribution in [1.29, 1.82) is 0 Å². The van der Waals surface area contributed by atoms with E-state index in [9.17, 15) is 9.59 Å². The Labute approximate surface area is 143 Å². The van der Waals surface area contributed by atoms with Crippen molar-refractivity contribution >= 4 is 22.9 Å². The fourth-order valence-electron chi connectivity index (χ4n) is 2.36. The van der Waals surface area contributed by atoms with Gasteiger partial charge in [-0.25, -0.2) is 0 Å². The van der Waals surface area contributed by atoms with E-state index in [1.807, 2.05) is 38.4 Å². The molecular formula is C20H24N2O2. The summed E-state index contributed by atoms with van der Waals surface area (Å²) in [5, 5.41) is 0. The molecule has 2 aromatic rings. The van der Waals surface area contributed by atoms with Crippen LogP contribution < -0.4 is 9.80 Å². The van der Waals surface area contributed by atoms with Crippen molar-refractivity contribution in [1.82, 2.24) is 0 Å². The third-order valence-corrected chi connectivity index (χ3v) is 4.30. The van der Waals surface area contributed by atoms with Gasteiger partial charge in [-0.15, -0.1) is 0 Å². The van der Waals surface area contributed by atoms with Gasteiger partial charge in [0, 0.05) is 49.7 Å². The summed E-state index contributed by atoms with van der Waals surface area (Å²) in [6.45, 7) is 5.87. The molecule has 0 atom stereocenters. The van der Waals surface area contributed by atoms with E-state index in [1.165, 1.54) is 0 Å². The summed E-state index contributed by atoms with van der Waals surface area (Å²) in [7, 11) is 3.97. The van der Waals surface area contributed by atoms with Gasteiger partial charge >= 0.3 is 0 Å². The lowest BCUT2D eigenvalue weighted by atomic mass is 10.0. The van der Waals surface area contributed by atoms with Crippen LogP contribution >= 0.6 is 0 Å². The summed E-state index contributed by atoms with van der Waals surface area (Å²) in [6, 6.07) is 14.3. The van der Waals surface area contributed by atoms with Gasteiger partial charge in [0.25, 0.3) is 0 Å². The number of anilines is 2. The Kier molecular flexibility index (Phi) is 5.74. The fraction of sp³-hybridized carbons (Fsp3) is 0.300. The Morgan fingerprint density at radius 2 is 0.958 bits per heavy atom. The van der Waals surface area contributed by atoms with Gasteiger partial charge in [0.05, 0.1) is 0 Å². The molecule has 2 aromatic carbocycles. The third-order valence-electron chi connectivity index (χ3n) is 4.30. The Morgan fingerprint density at radius 1 is 0.667 bits per heavy atom. The quantitative estimate of drug-likeness (QED) is 0.575. The number of benzene rings is 2. The van der Waals surface area contributed by atoms with Crippen LogP contribution in [0.2, 0.25) is 0 Å². The highest BCUT2D eigenvalue weighted by Crippen LogP contribution is 2.17. The molecule has 0 bridgehead atoms. The lowest BCUT2D eigenvalue weighted by Gasteiger charge is -2.17. The van der Waals surface area contributed by atoms with E-state index in [0.29, 0.717) is 11.1 Å². The number of carbonyl (C=O) groups excluding carboxylic acids is 2. The molecule has 0 aliphatic heterocycles. The van der Waals surface area contributed by atoms with Crippen molar-refractivity contribution < 1.29 is 9.59 Å². The highest BCUT2D eigenvalue weighted by atomic mass is 16.2. The number of hydrogen-bond donors (Lipinski definition) is 0. The molecule has 0 spiro atoms. The molecule has 24 heavy (non-hydrogen) atoms. The molecule has 0 aliphatic rings. The van der Waals surface area contributed by atoms with Gasteiger partial charge in [-0.05, 0) is 62.4 Å². The van der Waals surface area contributed by atoms with E-state index < -0.39 is 11.6 Å². The molecule has 0 saturated carbocycles. The second-order valence-corrected chi connectivity index (χ2v) is 5.78. The third kappa shape index (κ3) is 3.82. The largest absolute Gasteiger partial charge is 0.375 e. The molecule has 0 unspecified atom stereocenters. The second kappa shape index (κ2) is 7.77. The summed E-state index contributed by atoms with van der Waals surface area (Å²) in [6.07, 6.45) is 0. The number of carbonyl (C=O) groups is 2. The summed E-state index contributed by atoms with van der Waals surface area (Å²) in [5.74, 6) is -0.949. The van der Waals surface area contributed by atoms with Crippen molar-refractivity contribution in [3.05, 3.63) is 59.7 Å². The molecule has 0 saturated heterocycles. The Hall–Kier alpha value is -2.62. The van der Waals surface area contributed by atoms with Crippen LogP contribution in [0.1, 0.15) is 34.6 Å². The Bertz CT molecular complexity index is 642. The summed E-state index contributed by atoms with van der Waals surface area (Å²) in [4.78, 5) is 28.9. The van der Waals surface area contributed by atoms with Crippen LogP contribution in [0.15, 0.2) is 48.5 Å². The smallest absolute Gasteiger partial charge is 0.233 e. The van der Waals surface area contributed by atoms with Crippen molar-refractivity contribution in [2.45, 2.75) is 13.8 Å². The van der Waals surface area contributed by atoms with E-state index in [1.54, 1.807) is 24.3 Å². The van der Waals surface area contributed by atoms with Gasteiger partial charge in [0.2, 0.25) is 11.6 Å². The van der Waals surface area contributed by atoms with Crippen LogP contribution in [-0.4, -0.2) is 38.8 Å². The Balaban J connectivity index is 2.15. The second-order valence-electron chi connectivity index (χ2n) is 5.78. The number of Topliss-reactive ketones (excluding diaryl/α,β-unsaturated/α-hetero) is 2. The summed E-state index contributed by atoms with van der Waals surface area (Å²) >= 11 is 0. The van der Waals surface area contributed by atoms with Gasteiger partial charge in [-0.1, -0.05) is 0 Å². The average molecular weight is 324 g/mol. The number of ketones is 2. The minimum Gasteiger partial charge on any atom is -0.375 e. The maximum atomic E-state index is 12.4. The van der Waals surface area contributed by atoms with Crippen LogP contribution in [0.25, 0.3) is 0 Å². The molecule has 4 nitrogen and oxygen atoms in total. The van der Waals surface area contributed by atoms with Crippen LogP contribution in [0.4, 0.5) is 11.4 Å². The number of nitrogens with zero attached hydrogens (tertiary/aromatic N) is 2. The average Bonchev–Trinajstić information content (AvgIpc) is 2.65. The minimum absolute atomic E-state index is 0.419. The molecule has 2 rings (SSSR count). The molecule has 0 heterocycles. The lowest BCUT2D eigenvalue weighted by Crippen LogP contribution is -2.18. The number of rotatable bonds is 7. The molecule has 0 aromatic heterocycles. The number of hydrogen-bond acceptors (Lipinski definition) is 4. The highest BCUT2D eigenvalue weighted by molar-refractivity contribution is 6.49. The van der Waals surface area contributed by atoms with Crippen molar-refractivity contribution in [3.63, 3.8) is 0 Å². The van der Waals surface area contributed by atoms with E-state index in [4.69, 9.17) is 0 Å². The molecular weight excluding hydrogens is 300 g/mol. The molecule has 126 valence electrons. The van der Waals surface area contributed by atoms with Crippen molar-refractivity contribution in [3.8, 4) is 0 Å². The standard InChI is InChI=1S/C20H24N2O2/c1-5-21(3)17-11-7-15(8-12-17)19(23)20(24)16-9-13-18(14-10-16)22(4)6-2/h7-14H,5-6H2,1-4H3. The van der Waals surface area contributed by atoms with E-state index >= 15 is 0 Å². The van der Waals surface area contributed by atoms with Crippen LogP contribution in [0.5, 0.6) is 0 Å². The first kappa shape index (κ1) is 17.7. The molecule has 0 N–H and O–H groups in total. The minimum atomic E-state index is -0.475. The van der Waals surface area contributed by atoms with Crippen molar-refractivity contribution in [2.24, 2.45) is 0 Å². The molecule has 0 radical (unpaired) electrons. The van der Waals surface area contributed by atoms with Crippen molar-refractivity contribution in [2.75, 3.05) is 37.0 Å². The topological polar surface area (TPSA) is 40.6 Å². The predicted octanol–water partition coefficient (Wildman–Crippen LogP) is 3.66. The van der Waals surface area contributed by atoms with Crippen LogP contribution in [0.3, 0.4) is 0 Å².